The van der Waals surface area contributed by atoms with Crippen molar-refractivity contribution < 1.29 is 118 Å². The third-order valence-corrected chi connectivity index (χ3v) is 18.6. The lowest BCUT2D eigenvalue weighted by Gasteiger charge is -2.44. The number of nitrogens with two attached hydrogens (primary N) is 2. The number of aliphatic hydroxyl groups is 6. The fraction of sp³-hybridized carbons (Fsp3) is 0.433. The molecule has 0 aliphatic carbocycles. The van der Waals surface area contributed by atoms with Crippen molar-refractivity contribution in [3.05, 3.63) is 117 Å². The van der Waals surface area contributed by atoms with Gasteiger partial charge in [0, 0.05) is 34.7 Å². The molecule has 7 heterocycles. The van der Waals surface area contributed by atoms with Crippen LogP contribution in [0.1, 0.15) is 105 Å². The molecule has 5 aromatic carbocycles. The number of carboxylic acids is 1. The van der Waals surface area contributed by atoms with Crippen LogP contribution in [0.25, 0.3) is 11.1 Å². The molecule has 18 atom stereocenters. The Bertz CT molecular complexity index is 4110. The van der Waals surface area contributed by atoms with Crippen molar-refractivity contribution in [3.8, 4) is 57.1 Å². The number of nitrogens with zero attached hydrogens (tertiary/aromatic N) is 1. The first kappa shape index (κ1) is 75.5. The fourth-order valence-electron chi connectivity index (χ4n) is 12.7. The van der Waals surface area contributed by atoms with E-state index >= 15 is 19.2 Å². The zero-order valence-electron chi connectivity index (χ0n) is 55.3. The van der Waals surface area contributed by atoms with Crippen LogP contribution in [0.4, 0.5) is 0 Å². The molecule has 11 bridgehead atoms. The Morgan fingerprint density at radius 2 is 1.32 bits per heavy atom. The second-order valence-corrected chi connectivity index (χ2v) is 27.2. The van der Waals surface area contributed by atoms with Gasteiger partial charge < -0.3 is 123 Å². The normalized spacial score (nSPS) is 29.3. The van der Waals surface area contributed by atoms with Crippen LogP contribution in [0.5, 0.6) is 46.0 Å². The van der Waals surface area contributed by atoms with Crippen molar-refractivity contribution in [2.75, 3.05) is 20.7 Å². The van der Waals surface area contributed by atoms with Gasteiger partial charge in [0.25, 0.3) is 0 Å². The molecule has 548 valence electrons. The van der Waals surface area contributed by atoms with Crippen molar-refractivity contribution in [2.24, 2.45) is 17.4 Å². The summed E-state index contributed by atoms with van der Waals surface area (Å²) in [5, 5.41) is 127. The van der Waals surface area contributed by atoms with Crippen molar-refractivity contribution in [3.63, 3.8) is 0 Å². The molecule has 0 saturated carbocycles. The molecule has 0 radical (unpaired) electrons. The highest BCUT2D eigenvalue weighted by molar-refractivity contribution is 6.32. The Morgan fingerprint density at radius 1 is 0.716 bits per heavy atom. The lowest BCUT2D eigenvalue weighted by molar-refractivity contribution is -0.277. The molecule has 0 spiro atoms. The summed E-state index contributed by atoms with van der Waals surface area (Å²) in [5.74, 6) is -15.9. The summed E-state index contributed by atoms with van der Waals surface area (Å²) in [7, 11) is 3.19. The number of hydrogen-bond acceptors (Lipinski definition) is 25. The number of aromatic hydroxyl groups is 3. The first-order chi connectivity index (χ1) is 48.0. The maximum absolute atomic E-state index is 16.1. The van der Waals surface area contributed by atoms with Crippen LogP contribution in [0.2, 0.25) is 10.0 Å². The monoisotopic (exact) mass is 1460 g/mol. The molecule has 35 heteroatoms. The van der Waals surface area contributed by atoms with Crippen molar-refractivity contribution in [1.82, 2.24) is 36.8 Å². The quantitative estimate of drug-likeness (QED) is 0.0761. The Kier molecular flexibility index (Phi) is 22.5. The van der Waals surface area contributed by atoms with E-state index in [4.69, 9.17) is 63.1 Å². The van der Waals surface area contributed by atoms with Gasteiger partial charge in [-0.05, 0) is 117 Å². The molecule has 33 nitrogen and oxygen atoms in total. The summed E-state index contributed by atoms with van der Waals surface area (Å²) in [6.45, 7) is 5.65. The Morgan fingerprint density at radius 3 is 1.92 bits per heavy atom. The summed E-state index contributed by atoms with van der Waals surface area (Å²) in [6, 6.07) is -0.295. The third-order valence-electron chi connectivity index (χ3n) is 18.0. The lowest BCUT2D eigenvalue weighted by Crippen LogP contribution is -2.61. The van der Waals surface area contributed by atoms with Gasteiger partial charge in [-0.3, -0.25) is 38.5 Å². The molecule has 12 rings (SSSR count). The second-order valence-electron chi connectivity index (χ2n) is 26.4. The minimum atomic E-state index is -2.35. The van der Waals surface area contributed by atoms with E-state index in [1.165, 1.54) is 38.1 Å². The van der Waals surface area contributed by atoms with Crippen LogP contribution in [0.3, 0.4) is 0 Å². The number of phenolic OH excluding ortho intramolecular Hbond substituents is 3. The number of aliphatic hydroxyl groups excluding tert-OH is 6. The smallest absolute Gasteiger partial charge is 0.330 e. The highest BCUT2D eigenvalue weighted by Gasteiger charge is 2.49. The number of carboxylic acid groups (broad SMARTS) is 1. The molecule has 0 aromatic heterocycles. The SMILES string of the molecule is CC(C)C[C@H](C(=O)N[C@H]1C(=O)N[C@@H](CC(N)=O)C(=O)N[C@H]2C(=O)NC3C(=O)NC(C(=O)N[C@H](C(=O)O)c4cc(O)cc(O)c4-c4cc3ccc4O)[C@H](OC3CC(C)(N)C(O)C(C)O3)c3ccc(c(Cl)c3)Oc3cc2cc(c3OC2OC(CO)C(O)C(O)C2O)Oc2ccc(cc2Cl)[C@H]1O)N(C)C. The number of fused-ring (bicyclic) bond motifs is 15. The van der Waals surface area contributed by atoms with Gasteiger partial charge in [-0.2, -0.15) is 0 Å². The number of hydrogen-bond donors (Lipinski definition) is 18. The van der Waals surface area contributed by atoms with E-state index in [0.717, 1.165) is 54.6 Å². The van der Waals surface area contributed by atoms with E-state index in [1.54, 1.807) is 19.0 Å². The molecule has 7 aliphatic heterocycles. The molecule has 2 fully saturated rings. The minimum absolute atomic E-state index is 0.0908. The number of nitrogens with one attached hydrogen (secondary N) is 6. The van der Waals surface area contributed by atoms with Crippen LogP contribution in [0, 0.1) is 5.92 Å². The standard InChI is InChI=1S/C67H77Cl2N9O24/c1-24(2)13-36(78(5)6)60(90)76-50-52(84)27-8-11-39(33(68)15-27)98-41-17-29-18-42(57(41)102-66-55(87)54(86)53(85)43(23-79)100-66)99-40-12-9-28(16-34(40)69)56(101-45-22-67(4,71)58(88)25(3)97-45)51-64(94)75-49(65(95)96)32-19-30(80)20-38(82)46(32)31-14-26(7-10-37(31)81)47(61(91)77-51)74-62(92)48(29)73-59(89)35(21-44(70)83)72-63(50)93/h7-12,14-20,24-25,35-36,43,45,47-56,58,66,79-82,84-88H,13,21-23,71H2,1-6H3,(H2,70,83)(H,72,93)(H,73,89)(H,74,92)(H,75,94)(H,76,90)(H,77,91)(H,95,96)/t25?,35-,36+,43?,45?,47?,48+,49-,50+,51?,52+,53?,54?,55?,56+,58?,66?,67?/m0/s1. The van der Waals surface area contributed by atoms with Gasteiger partial charge in [0.1, 0.15) is 95.6 Å². The molecule has 2 saturated heterocycles. The zero-order valence-corrected chi connectivity index (χ0v) is 56.8. The average molecular weight is 1460 g/mol. The summed E-state index contributed by atoms with van der Waals surface area (Å²) >= 11 is 14.2. The van der Waals surface area contributed by atoms with E-state index in [1.807, 2.05) is 13.8 Å². The molecule has 7 aliphatic rings. The minimum Gasteiger partial charge on any atom is -0.508 e. The van der Waals surface area contributed by atoms with Gasteiger partial charge in [0.05, 0.1) is 41.3 Å². The van der Waals surface area contributed by atoms with Crippen LogP contribution < -0.4 is 57.6 Å². The number of ether oxygens (including phenoxy) is 6. The van der Waals surface area contributed by atoms with E-state index in [9.17, 15) is 70.2 Å². The van der Waals surface area contributed by atoms with Crippen molar-refractivity contribution >= 4 is 70.5 Å². The zero-order chi connectivity index (χ0) is 74.4. The molecule has 5 aromatic rings. The summed E-state index contributed by atoms with van der Waals surface area (Å²) < 4.78 is 38.0. The maximum atomic E-state index is 16.1. The van der Waals surface area contributed by atoms with E-state index in [2.05, 4.69) is 31.9 Å². The molecule has 11 unspecified atom stereocenters. The third kappa shape index (κ3) is 15.9. The summed E-state index contributed by atoms with van der Waals surface area (Å²) in [4.78, 5) is 120. The van der Waals surface area contributed by atoms with Crippen molar-refractivity contribution in [1.29, 1.82) is 0 Å². The highest BCUT2D eigenvalue weighted by atomic mass is 35.5. The Balaban J connectivity index is 1.26. The van der Waals surface area contributed by atoms with E-state index in [-0.39, 0.29) is 52.0 Å². The van der Waals surface area contributed by atoms with Gasteiger partial charge in [-0.15, -0.1) is 0 Å². The molecule has 102 heavy (non-hydrogen) atoms. The number of likely N-dealkylation sites (N-methyl/N-ethyl adjacent to an activating group) is 1. The van der Waals surface area contributed by atoms with E-state index < -0.39 is 231 Å². The summed E-state index contributed by atoms with van der Waals surface area (Å²) in [6.07, 6.45) is -19.0. The van der Waals surface area contributed by atoms with Gasteiger partial charge in [0.2, 0.25) is 53.4 Å². The number of rotatable bonds is 13. The maximum Gasteiger partial charge on any atom is 0.330 e. The predicted molar refractivity (Wildman–Crippen MR) is 354 cm³/mol. The van der Waals surface area contributed by atoms with Gasteiger partial charge in [-0.25, -0.2) is 4.79 Å². The van der Waals surface area contributed by atoms with Gasteiger partial charge in [-0.1, -0.05) is 55.2 Å². The second kappa shape index (κ2) is 30.4. The van der Waals surface area contributed by atoms with E-state index in [0.29, 0.717) is 0 Å². The fourth-order valence-corrected chi connectivity index (χ4v) is 13.1. The predicted octanol–water partition coefficient (Wildman–Crippen LogP) is 0.448. The molecular weight excluding hydrogens is 1390 g/mol. The Hall–Kier alpha value is -9.20. The average Bonchev–Trinajstić information content (AvgIpc) is 0.764. The first-order valence-electron chi connectivity index (χ1n) is 32.0. The summed E-state index contributed by atoms with van der Waals surface area (Å²) in [5.41, 5.74) is 8.18. The lowest BCUT2D eigenvalue weighted by atomic mass is 9.86. The largest absolute Gasteiger partial charge is 0.508 e. The molecule has 7 amide bonds. The number of halogens is 2. The number of primary amides is 1. The topological polar surface area (TPSA) is 522 Å². The van der Waals surface area contributed by atoms with Crippen LogP contribution in [-0.4, -0.2) is 203 Å². The van der Waals surface area contributed by atoms with Gasteiger partial charge >= 0.3 is 5.97 Å². The van der Waals surface area contributed by atoms with Gasteiger partial charge in [0.15, 0.2) is 23.8 Å². The highest BCUT2D eigenvalue weighted by Crippen LogP contribution is 2.50. The number of carbonyl (C=O) groups excluding carboxylic acids is 7. The number of carbonyl (C=O) groups is 8. The van der Waals surface area contributed by atoms with Crippen LogP contribution in [0.15, 0.2) is 78.9 Å². The van der Waals surface area contributed by atoms with Crippen molar-refractivity contribution in [2.45, 2.75) is 156 Å². The molecule has 20 N–H and O–H groups in total. The Labute approximate surface area is 590 Å². The molecular formula is C67H77Cl2N9O24. The van der Waals surface area contributed by atoms with Crippen LogP contribution >= 0.6 is 23.2 Å². The number of amides is 7. The number of phenols is 3. The van der Waals surface area contributed by atoms with Crippen LogP contribution in [-0.2, 0) is 52.6 Å². The first-order valence-corrected chi connectivity index (χ1v) is 32.7. The number of aliphatic carboxylic acids is 1. The number of benzene rings is 5.